The first kappa shape index (κ1) is 16.9. The second kappa shape index (κ2) is 6.52. The Hall–Kier alpha value is -2.93. The Morgan fingerprint density at radius 1 is 1.28 bits per heavy atom. The van der Waals surface area contributed by atoms with Gasteiger partial charge in [-0.15, -0.1) is 0 Å². The molecule has 3 aromatic rings. The molecule has 3 aromatic heterocycles. The molecule has 0 saturated heterocycles. The summed E-state index contributed by atoms with van der Waals surface area (Å²) in [6.45, 7) is 5.72. The first-order chi connectivity index (χ1) is 11.8. The van der Waals surface area contributed by atoms with Gasteiger partial charge in [-0.2, -0.15) is 5.10 Å². The number of nitrogen functional groups attached to an aromatic ring is 1. The third-order valence-corrected chi connectivity index (χ3v) is 3.50. The van der Waals surface area contributed by atoms with Crippen LogP contribution in [0.25, 0.3) is 11.3 Å². The molecular weight excluding hydrogens is 318 g/mol. The quantitative estimate of drug-likeness (QED) is 0.741. The molecule has 0 spiro atoms. The van der Waals surface area contributed by atoms with Gasteiger partial charge >= 0.3 is 0 Å². The van der Waals surface area contributed by atoms with Crippen LogP contribution in [-0.4, -0.2) is 30.5 Å². The van der Waals surface area contributed by atoms with Crippen molar-refractivity contribution in [1.82, 2.24) is 19.7 Å². The molecule has 130 valence electrons. The monoisotopic (exact) mass is 339 g/mol. The summed E-state index contributed by atoms with van der Waals surface area (Å²) in [5, 5.41) is 14.2. The molecule has 0 fully saturated rings. The van der Waals surface area contributed by atoms with Crippen LogP contribution in [-0.2, 0) is 6.54 Å². The number of anilines is 1. The van der Waals surface area contributed by atoms with Crippen molar-refractivity contribution >= 4 is 5.82 Å². The number of aliphatic hydroxyl groups is 1. The van der Waals surface area contributed by atoms with E-state index in [0.29, 0.717) is 23.9 Å². The fraction of sp³-hybridized carbons (Fsp3) is 0.278. The number of hydrogen-bond donors (Lipinski definition) is 2. The first-order valence-electron chi connectivity index (χ1n) is 7.92. The van der Waals surface area contributed by atoms with Crippen LogP contribution >= 0.6 is 0 Å². The van der Waals surface area contributed by atoms with Gasteiger partial charge in [0.15, 0.2) is 0 Å². The highest BCUT2D eigenvalue weighted by molar-refractivity contribution is 5.59. The summed E-state index contributed by atoms with van der Waals surface area (Å²) >= 11 is 0. The molecule has 3 rings (SSSR count). The third kappa shape index (κ3) is 4.33. The first-order valence-corrected chi connectivity index (χ1v) is 7.92. The van der Waals surface area contributed by atoms with E-state index in [4.69, 9.17) is 10.5 Å². The maximum atomic E-state index is 9.89. The lowest BCUT2D eigenvalue weighted by molar-refractivity contribution is 0.0577. The molecule has 7 heteroatoms. The van der Waals surface area contributed by atoms with Gasteiger partial charge in [-0.1, -0.05) is 0 Å². The molecular formula is C18H21N5O2. The number of pyridine rings is 2. The molecule has 25 heavy (non-hydrogen) atoms. The Balaban J connectivity index is 1.82. The van der Waals surface area contributed by atoms with Gasteiger partial charge in [0.25, 0.3) is 0 Å². The normalized spacial score (nSPS) is 11.5. The maximum Gasteiger partial charge on any atom is 0.148 e. The molecule has 0 aliphatic heterocycles. The molecule has 0 atom stereocenters. The Morgan fingerprint density at radius 2 is 2.08 bits per heavy atom. The van der Waals surface area contributed by atoms with Crippen molar-refractivity contribution in [3.8, 4) is 22.8 Å². The number of rotatable bonds is 5. The minimum Gasteiger partial charge on any atom is -0.455 e. The van der Waals surface area contributed by atoms with Crippen LogP contribution in [0.5, 0.6) is 11.5 Å². The van der Waals surface area contributed by atoms with Gasteiger partial charge in [-0.05, 0) is 39.0 Å². The summed E-state index contributed by atoms with van der Waals surface area (Å²) in [6, 6.07) is 7.10. The van der Waals surface area contributed by atoms with Crippen LogP contribution in [0, 0.1) is 6.92 Å². The van der Waals surface area contributed by atoms with Gasteiger partial charge in [-0.25, -0.2) is 4.98 Å². The highest BCUT2D eigenvalue weighted by Gasteiger charge is 2.15. The lowest BCUT2D eigenvalue weighted by Crippen LogP contribution is -2.26. The zero-order valence-electron chi connectivity index (χ0n) is 14.5. The lowest BCUT2D eigenvalue weighted by atomic mass is 10.1. The van der Waals surface area contributed by atoms with Crippen molar-refractivity contribution < 1.29 is 9.84 Å². The van der Waals surface area contributed by atoms with Crippen LogP contribution in [0.1, 0.15) is 19.5 Å². The average Bonchev–Trinajstić information content (AvgIpc) is 2.97. The van der Waals surface area contributed by atoms with E-state index in [0.717, 1.165) is 17.0 Å². The minimum absolute atomic E-state index is 0.402. The predicted octanol–water partition coefficient (Wildman–Crippen LogP) is 2.79. The molecule has 0 bridgehead atoms. The van der Waals surface area contributed by atoms with Crippen molar-refractivity contribution in [3.63, 3.8) is 0 Å². The van der Waals surface area contributed by atoms with Gasteiger partial charge in [0.05, 0.1) is 29.7 Å². The molecule has 0 radical (unpaired) electrons. The summed E-state index contributed by atoms with van der Waals surface area (Å²) in [6.07, 6.45) is 5.24. The van der Waals surface area contributed by atoms with Crippen molar-refractivity contribution in [1.29, 1.82) is 0 Å². The highest BCUT2D eigenvalue weighted by Crippen LogP contribution is 2.27. The van der Waals surface area contributed by atoms with E-state index in [1.54, 1.807) is 49.1 Å². The molecule has 0 unspecified atom stereocenters. The van der Waals surface area contributed by atoms with Gasteiger partial charge in [0.1, 0.15) is 17.3 Å². The van der Waals surface area contributed by atoms with E-state index in [-0.39, 0.29) is 0 Å². The van der Waals surface area contributed by atoms with E-state index in [1.165, 1.54) is 0 Å². The zero-order valence-corrected chi connectivity index (χ0v) is 14.5. The predicted molar refractivity (Wildman–Crippen MR) is 95.2 cm³/mol. The van der Waals surface area contributed by atoms with Crippen LogP contribution in [0.4, 0.5) is 5.82 Å². The number of aryl methyl sites for hydroxylation is 1. The van der Waals surface area contributed by atoms with Gasteiger partial charge < -0.3 is 15.6 Å². The molecule has 3 heterocycles. The number of nitrogens with two attached hydrogens (primary N) is 1. The van der Waals surface area contributed by atoms with E-state index >= 15 is 0 Å². The Morgan fingerprint density at radius 3 is 2.80 bits per heavy atom. The lowest BCUT2D eigenvalue weighted by Gasteiger charge is -2.16. The van der Waals surface area contributed by atoms with Crippen molar-refractivity contribution in [2.45, 2.75) is 32.9 Å². The summed E-state index contributed by atoms with van der Waals surface area (Å²) in [4.78, 5) is 8.55. The van der Waals surface area contributed by atoms with Crippen molar-refractivity contribution in [2.24, 2.45) is 0 Å². The second-order valence-corrected chi connectivity index (χ2v) is 6.54. The van der Waals surface area contributed by atoms with E-state index in [9.17, 15) is 5.11 Å². The van der Waals surface area contributed by atoms with Crippen LogP contribution in [0.2, 0.25) is 0 Å². The fourth-order valence-corrected chi connectivity index (χ4v) is 2.41. The van der Waals surface area contributed by atoms with Crippen molar-refractivity contribution in [2.75, 3.05) is 5.73 Å². The standard InChI is InChI=1S/C18H21N5O2/c1-12-16(4-5-17(19)22-12)25-14-6-7-20-15(8-14)13-9-21-23(10-13)11-18(2,3)24/h4-10,24H,11H2,1-3H3,(H2,19,22). The van der Waals surface area contributed by atoms with Crippen LogP contribution in [0.15, 0.2) is 42.9 Å². The number of hydrogen-bond acceptors (Lipinski definition) is 6. The molecule has 0 aliphatic carbocycles. The van der Waals surface area contributed by atoms with E-state index in [1.807, 2.05) is 19.2 Å². The Bertz CT molecular complexity index is 883. The Kier molecular flexibility index (Phi) is 4.41. The average molecular weight is 339 g/mol. The zero-order chi connectivity index (χ0) is 18.0. The fourth-order valence-electron chi connectivity index (χ4n) is 2.41. The molecule has 0 aliphatic rings. The van der Waals surface area contributed by atoms with Crippen LogP contribution in [0.3, 0.4) is 0 Å². The van der Waals surface area contributed by atoms with Crippen molar-refractivity contribution in [3.05, 3.63) is 48.5 Å². The Labute approximate surface area is 146 Å². The number of nitrogens with zero attached hydrogens (tertiary/aromatic N) is 4. The minimum atomic E-state index is -0.832. The van der Waals surface area contributed by atoms with Gasteiger partial charge in [0.2, 0.25) is 0 Å². The second-order valence-electron chi connectivity index (χ2n) is 6.54. The summed E-state index contributed by atoms with van der Waals surface area (Å²) < 4.78 is 7.58. The number of aromatic nitrogens is 4. The summed E-state index contributed by atoms with van der Waals surface area (Å²) in [7, 11) is 0. The molecule has 7 nitrogen and oxygen atoms in total. The third-order valence-electron chi connectivity index (χ3n) is 3.50. The van der Waals surface area contributed by atoms with E-state index < -0.39 is 5.60 Å². The van der Waals surface area contributed by atoms with Crippen LogP contribution < -0.4 is 10.5 Å². The topological polar surface area (TPSA) is 99.1 Å². The largest absolute Gasteiger partial charge is 0.455 e. The summed E-state index contributed by atoms with van der Waals surface area (Å²) in [5.74, 6) is 1.75. The molecule has 0 amide bonds. The highest BCUT2D eigenvalue weighted by atomic mass is 16.5. The molecule has 0 saturated carbocycles. The maximum absolute atomic E-state index is 9.89. The molecule has 3 N–H and O–H groups in total. The summed E-state index contributed by atoms with van der Waals surface area (Å²) in [5.41, 5.74) is 7.14. The smallest absolute Gasteiger partial charge is 0.148 e. The SMILES string of the molecule is Cc1nc(N)ccc1Oc1ccnc(-c2cnn(CC(C)(C)O)c2)c1. The van der Waals surface area contributed by atoms with E-state index in [2.05, 4.69) is 15.1 Å². The van der Waals surface area contributed by atoms with Gasteiger partial charge in [-0.3, -0.25) is 9.67 Å². The number of ether oxygens (including phenoxy) is 1. The molecule has 0 aromatic carbocycles. The van der Waals surface area contributed by atoms with Gasteiger partial charge in [0, 0.05) is 24.0 Å².